The van der Waals surface area contributed by atoms with Crippen LogP contribution in [0.4, 0.5) is 10.2 Å². The number of carbonyl (C=O) groups excluding carboxylic acids is 1. The molecule has 6 heteroatoms. The Morgan fingerprint density at radius 3 is 2.85 bits per heavy atom. The van der Waals surface area contributed by atoms with Crippen LogP contribution in [0.15, 0.2) is 36.5 Å². The van der Waals surface area contributed by atoms with Gasteiger partial charge in [0.15, 0.2) is 11.6 Å². The van der Waals surface area contributed by atoms with Crippen LogP contribution in [0.2, 0.25) is 0 Å². The van der Waals surface area contributed by atoms with Crippen LogP contribution in [-0.4, -0.2) is 42.0 Å². The van der Waals surface area contributed by atoms with Crippen molar-refractivity contribution in [2.75, 3.05) is 25.5 Å². The van der Waals surface area contributed by atoms with Crippen LogP contribution in [0, 0.1) is 18.7 Å². The maximum Gasteiger partial charge on any atom is 0.258 e. The molecule has 3 rings (SSSR count). The minimum absolute atomic E-state index is 0.00707. The van der Waals surface area contributed by atoms with Crippen molar-refractivity contribution in [3.05, 3.63) is 53.5 Å². The van der Waals surface area contributed by atoms with Crippen LogP contribution in [-0.2, 0) is 0 Å². The molecular formula is C21H26FN3O2. The van der Waals surface area contributed by atoms with Gasteiger partial charge in [0.25, 0.3) is 5.91 Å². The molecule has 1 amide bonds. The van der Waals surface area contributed by atoms with Gasteiger partial charge < -0.3 is 15.0 Å². The zero-order valence-corrected chi connectivity index (χ0v) is 16.0. The third kappa shape index (κ3) is 4.38. The van der Waals surface area contributed by atoms with E-state index in [4.69, 9.17) is 4.74 Å². The molecule has 1 aromatic carbocycles. The van der Waals surface area contributed by atoms with Crippen LogP contribution >= 0.6 is 0 Å². The van der Waals surface area contributed by atoms with Crippen molar-refractivity contribution in [3.8, 4) is 5.75 Å². The van der Waals surface area contributed by atoms with Gasteiger partial charge in [-0.05, 0) is 49.4 Å². The van der Waals surface area contributed by atoms with Crippen LogP contribution in [0.5, 0.6) is 5.75 Å². The molecule has 1 aliphatic heterocycles. The molecule has 0 saturated carbocycles. The third-order valence-corrected chi connectivity index (χ3v) is 5.03. The van der Waals surface area contributed by atoms with Crippen LogP contribution in [0.3, 0.4) is 0 Å². The monoisotopic (exact) mass is 371 g/mol. The van der Waals surface area contributed by atoms with Gasteiger partial charge in [0.2, 0.25) is 0 Å². The van der Waals surface area contributed by atoms with Crippen molar-refractivity contribution >= 4 is 11.7 Å². The maximum atomic E-state index is 14.0. The minimum atomic E-state index is -0.521. The van der Waals surface area contributed by atoms with Crippen molar-refractivity contribution in [2.45, 2.75) is 32.7 Å². The molecule has 27 heavy (non-hydrogen) atoms. The van der Waals surface area contributed by atoms with Gasteiger partial charge in [-0.25, -0.2) is 9.37 Å². The van der Waals surface area contributed by atoms with E-state index >= 15 is 0 Å². The molecule has 0 unspecified atom stereocenters. The molecule has 0 bridgehead atoms. The number of aryl methyl sites for hydroxylation is 1. The van der Waals surface area contributed by atoms with E-state index in [1.165, 1.54) is 13.2 Å². The van der Waals surface area contributed by atoms with Crippen molar-refractivity contribution in [3.63, 3.8) is 0 Å². The Morgan fingerprint density at radius 2 is 2.15 bits per heavy atom. The minimum Gasteiger partial charge on any atom is -0.493 e. The van der Waals surface area contributed by atoms with E-state index in [1.807, 2.05) is 30.2 Å². The quantitative estimate of drug-likeness (QED) is 0.866. The van der Waals surface area contributed by atoms with E-state index in [1.54, 1.807) is 12.1 Å². The van der Waals surface area contributed by atoms with Gasteiger partial charge in [-0.3, -0.25) is 4.79 Å². The topological polar surface area (TPSA) is 54.5 Å². The molecule has 1 saturated heterocycles. The summed E-state index contributed by atoms with van der Waals surface area (Å²) in [5.74, 6) is 0.485. The number of carbonyl (C=O) groups is 1. The molecule has 0 aliphatic carbocycles. The molecule has 1 fully saturated rings. The molecule has 2 heterocycles. The van der Waals surface area contributed by atoms with Crippen molar-refractivity contribution in [1.29, 1.82) is 0 Å². The van der Waals surface area contributed by atoms with Gasteiger partial charge in [0, 0.05) is 25.3 Å². The van der Waals surface area contributed by atoms with Crippen LogP contribution < -0.4 is 10.1 Å². The van der Waals surface area contributed by atoms with E-state index in [0.717, 1.165) is 24.2 Å². The first-order valence-corrected chi connectivity index (χ1v) is 9.29. The molecule has 2 aromatic rings. The highest BCUT2D eigenvalue weighted by atomic mass is 19.1. The Balaban J connectivity index is 1.78. The SMILES string of the molecule is COc1c(F)cccc1C(=O)N1C[C@@H](C)CC[C@H]1CNc1ccc(C)cn1. The molecule has 0 spiro atoms. The highest BCUT2D eigenvalue weighted by Crippen LogP contribution is 2.28. The maximum absolute atomic E-state index is 14.0. The largest absolute Gasteiger partial charge is 0.493 e. The van der Waals surface area contributed by atoms with Gasteiger partial charge >= 0.3 is 0 Å². The number of amides is 1. The molecule has 1 aromatic heterocycles. The summed E-state index contributed by atoms with van der Waals surface area (Å²) in [7, 11) is 1.39. The Bertz CT molecular complexity index is 795. The number of aromatic nitrogens is 1. The predicted molar refractivity (Wildman–Crippen MR) is 104 cm³/mol. The average Bonchev–Trinajstić information content (AvgIpc) is 2.67. The number of nitrogens with zero attached hydrogens (tertiary/aromatic N) is 2. The summed E-state index contributed by atoms with van der Waals surface area (Å²) in [4.78, 5) is 19.4. The molecule has 1 aliphatic rings. The van der Waals surface area contributed by atoms with Gasteiger partial charge in [-0.15, -0.1) is 0 Å². The highest BCUT2D eigenvalue weighted by Gasteiger charge is 2.32. The second-order valence-electron chi connectivity index (χ2n) is 7.22. The number of nitrogens with one attached hydrogen (secondary N) is 1. The van der Waals surface area contributed by atoms with Gasteiger partial charge in [0.05, 0.1) is 12.7 Å². The molecule has 144 valence electrons. The number of piperidine rings is 1. The number of pyridine rings is 1. The first-order valence-electron chi connectivity index (χ1n) is 9.29. The number of para-hydroxylation sites is 1. The molecular weight excluding hydrogens is 345 g/mol. The lowest BCUT2D eigenvalue weighted by atomic mass is 9.93. The number of ether oxygens (including phenoxy) is 1. The van der Waals surface area contributed by atoms with Crippen molar-refractivity contribution < 1.29 is 13.9 Å². The van der Waals surface area contributed by atoms with Gasteiger partial charge in [-0.1, -0.05) is 19.1 Å². The van der Waals surface area contributed by atoms with E-state index in [-0.39, 0.29) is 23.3 Å². The Hall–Kier alpha value is -2.63. The van der Waals surface area contributed by atoms with Crippen LogP contribution in [0.25, 0.3) is 0 Å². The van der Waals surface area contributed by atoms with Crippen molar-refractivity contribution in [1.82, 2.24) is 9.88 Å². The Kier molecular flexibility index (Phi) is 5.94. The summed E-state index contributed by atoms with van der Waals surface area (Å²) < 4.78 is 19.2. The summed E-state index contributed by atoms with van der Waals surface area (Å²) in [6, 6.07) is 8.42. The summed E-state index contributed by atoms with van der Waals surface area (Å²) in [6.07, 6.45) is 3.76. The molecule has 0 radical (unpaired) electrons. The number of benzene rings is 1. The second-order valence-corrected chi connectivity index (χ2v) is 7.22. The molecule has 1 N–H and O–H groups in total. The second kappa shape index (κ2) is 8.37. The lowest BCUT2D eigenvalue weighted by Crippen LogP contribution is -2.49. The smallest absolute Gasteiger partial charge is 0.258 e. The number of likely N-dealkylation sites (tertiary alicyclic amines) is 1. The standard InChI is InChI=1S/C21H26FN3O2/c1-14-8-10-19(23-11-14)24-12-16-9-7-15(2)13-25(16)21(26)17-5-4-6-18(22)20(17)27-3/h4-6,8,10-11,15-16H,7,9,12-13H2,1-3H3,(H,23,24)/t15-,16-/m0/s1. The first-order chi connectivity index (χ1) is 13.0. The first kappa shape index (κ1) is 19.1. The fourth-order valence-corrected chi connectivity index (χ4v) is 3.50. The zero-order chi connectivity index (χ0) is 19.4. The fraction of sp³-hybridized carbons (Fsp3) is 0.429. The summed E-state index contributed by atoms with van der Waals surface area (Å²) in [6.45, 7) is 5.37. The fourth-order valence-electron chi connectivity index (χ4n) is 3.50. The van der Waals surface area contributed by atoms with Gasteiger partial charge in [-0.2, -0.15) is 0 Å². The third-order valence-electron chi connectivity index (χ3n) is 5.03. The highest BCUT2D eigenvalue weighted by molar-refractivity contribution is 5.97. The summed E-state index contributed by atoms with van der Waals surface area (Å²) >= 11 is 0. The van der Waals surface area contributed by atoms with E-state index < -0.39 is 5.82 Å². The number of anilines is 1. The number of methoxy groups -OCH3 is 1. The normalized spacial score (nSPS) is 19.6. The average molecular weight is 371 g/mol. The molecule has 2 atom stereocenters. The number of hydrogen-bond acceptors (Lipinski definition) is 4. The Labute approximate surface area is 159 Å². The summed E-state index contributed by atoms with van der Waals surface area (Å²) in [5, 5.41) is 3.32. The Morgan fingerprint density at radius 1 is 1.33 bits per heavy atom. The summed E-state index contributed by atoms with van der Waals surface area (Å²) in [5.41, 5.74) is 1.37. The van der Waals surface area contributed by atoms with Crippen LogP contribution in [0.1, 0.15) is 35.7 Å². The predicted octanol–water partition coefficient (Wildman–Crippen LogP) is 3.89. The van der Waals surface area contributed by atoms with E-state index in [0.29, 0.717) is 19.0 Å². The lowest BCUT2D eigenvalue weighted by molar-refractivity contribution is 0.0561. The number of halogens is 1. The van der Waals surface area contributed by atoms with E-state index in [9.17, 15) is 9.18 Å². The van der Waals surface area contributed by atoms with E-state index in [2.05, 4.69) is 17.2 Å². The lowest BCUT2D eigenvalue weighted by Gasteiger charge is -2.39. The zero-order valence-electron chi connectivity index (χ0n) is 16.0. The van der Waals surface area contributed by atoms with Gasteiger partial charge in [0.1, 0.15) is 5.82 Å². The number of rotatable bonds is 5. The number of hydrogen-bond donors (Lipinski definition) is 1. The molecule has 5 nitrogen and oxygen atoms in total. The van der Waals surface area contributed by atoms with Crippen molar-refractivity contribution in [2.24, 2.45) is 5.92 Å².